The van der Waals surface area contributed by atoms with Gasteiger partial charge in [0.15, 0.2) is 0 Å². The molecule has 6 aromatic rings. The van der Waals surface area contributed by atoms with Crippen molar-refractivity contribution < 1.29 is 9.90 Å². The lowest BCUT2D eigenvalue weighted by Crippen LogP contribution is -2.29. The molecule has 0 aliphatic heterocycles. The van der Waals surface area contributed by atoms with Crippen LogP contribution in [-0.2, 0) is 5.41 Å². The van der Waals surface area contributed by atoms with E-state index in [1.165, 1.54) is 33.0 Å². The molecule has 7 rings (SSSR count). The van der Waals surface area contributed by atoms with Gasteiger partial charge in [-0.2, -0.15) is 0 Å². The number of anilines is 3. The summed E-state index contributed by atoms with van der Waals surface area (Å²) in [5.41, 5.74) is 10.6. The van der Waals surface area contributed by atoms with Gasteiger partial charge in [-0.05, 0) is 111 Å². The van der Waals surface area contributed by atoms with Gasteiger partial charge in [0.1, 0.15) is 0 Å². The van der Waals surface area contributed by atoms with E-state index >= 15 is 0 Å². The summed E-state index contributed by atoms with van der Waals surface area (Å²) in [5, 5.41) is 12.2. The van der Waals surface area contributed by atoms with Crippen LogP contribution in [-0.4, -0.2) is 11.1 Å². The Morgan fingerprint density at radius 3 is 1.83 bits per heavy atom. The normalized spacial score (nSPS) is 13.1. The smallest absolute Gasteiger partial charge is 0.336 e. The minimum atomic E-state index is -0.923. The number of fused-ring (bicyclic) bond motifs is 4. The van der Waals surface area contributed by atoms with Gasteiger partial charge in [-0.25, -0.2) is 4.79 Å². The van der Waals surface area contributed by atoms with Crippen LogP contribution < -0.4 is 4.90 Å². The molecule has 0 unspecified atom stereocenters. The Morgan fingerprint density at radius 2 is 1.13 bits per heavy atom. The molecule has 0 spiro atoms. The molecule has 0 heterocycles. The number of hydrogen-bond donors (Lipinski definition) is 1. The minimum absolute atomic E-state index is 0.0657. The number of hydrogen-bond acceptors (Lipinski definition) is 2. The number of nitrogens with zero attached hydrogens (tertiary/aromatic N) is 1. The molecule has 0 fully saturated rings. The Bertz CT molecular complexity index is 2080. The van der Waals surface area contributed by atoms with E-state index in [-0.39, 0.29) is 5.41 Å². The number of carbonyl (C=O) groups is 1. The van der Waals surface area contributed by atoms with Crippen LogP contribution in [0.4, 0.5) is 17.1 Å². The summed E-state index contributed by atoms with van der Waals surface area (Å²) in [7, 11) is 0. The largest absolute Gasteiger partial charge is 0.478 e. The zero-order chi connectivity index (χ0) is 32.7. The Morgan fingerprint density at radius 1 is 0.574 bits per heavy atom. The SMILES string of the molecule is CC(C)CC1(CC(C)C)c2ccccc2-c2ccc(N(c3ccc(-c4ccccc4C(=O)O)cc3)c3ccc4ccccc4c3)cc21. The Hall–Kier alpha value is -5.15. The Labute approximate surface area is 278 Å². The first-order valence-electron chi connectivity index (χ1n) is 16.7. The summed E-state index contributed by atoms with van der Waals surface area (Å²) in [6.45, 7) is 9.38. The summed E-state index contributed by atoms with van der Waals surface area (Å²) in [4.78, 5) is 14.3. The molecule has 0 bridgehead atoms. The van der Waals surface area contributed by atoms with E-state index in [2.05, 4.69) is 130 Å². The van der Waals surface area contributed by atoms with Crippen LogP contribution in [0.3, 0.4) is 0 Å². The minimum Gasteiger partial charge on any atom is -0.478 e. The molecule has 1 aliphatic rings. The Kier molecular flexibility index (Phi) is 7.93. The number of aromatic carboxylic acids is 1. The molecule has 0 saturated heterocycles. The van der Waals surface area contributed by atoms with Crippen LogP contribution in [0.15, 0.2) is 133 Å². The van der Waals surface area contributed by atoms with Crippen LogP contribution in [0.2, 0.25) is 0 Å². The van der Waals surface area contributed by atoms with E-state index in [9.17, 15) is 9.90 Å². The highest BCUT2D eigenvalue weighted by Crippen LogP contribution is 2.56. The molecule has 3 heteroatoms. The molecule has 0 amide bonds. The van der Waals surface area contributed by atoms with Crippen molar-refractivity contribution in [2.45, 2.75) is 46.0 Å². The third-order valence-electron chi connectivity index (χ3n) is 9.61. The van der Waals surface area contributed by atoms with Crippen molar-refractivity contribution >= 4 is 33.8 Å². The molecule has 6 aromatic carbocycles. The van der Waals surface area contributed by atoms with Crippen LogP contribution in [0.25, 0.3) is 33.0 Å². The fraction of sp³-hybridized carbons (Fsp3) is 0.205. The van der Waals surface area contributed by atoms with Gasteiger partial charge in [-0.15, -0.1) is 0 Å². The summed E-state index contributed by atoms with van der Waals surface area (Å²) >= 11 is 0. The molecule has 3 nitrogen and oxygen atoms in total. The van der Waals surface area contributed by atoms with Gasteiger partial charge in [0.05, 0.1) is 5.56 Å². The second-order valence-corrected chi connectivity index (χ2v) is 13.8. The quantitative estimate of drug-likeness (QED) is 0.176. The lowest BCUT2D eigenvalue weighted by atomic mass is 9.68. The van der Waals surface area contributed by atoms with Gasteiger partial charge in [-0.3, -0.25) is 0 Å². The first kappa shape index (κ1) is 30.5. The van der Waals surface area contributed by atoms with Crippen LogP contribution in [0, 0.1) is 11.8 Å². The maximum atomic E-state index is 12.0. The van der Waals surface area contributed by atoms with Crippen molar-refractivity contribution in [2.24, 2.45) is 11.8 Å². The highest BCUT2D eigenvalue weighted by atomic mass is 16.4. The average molecular weight is 616 g/mol. The van der Waals surface area contributed by atoms with Crippen LogP contribution >= 0.6 is 0 Å². The highest BCUT2D eigenvalue weighted by Gasteiger charge is 2.44. The molecule has 0 aromatic heterocycles. The molecular formula is C44H41NO2. The molecule has 0 radical (unpaired) electrons. The van der Waals surface area contributed by atoms with E-state index in [4.69, 9.17) is 0 Å². The number of carboxylic acids is 1. The zero-order valence-electron chi connectivity index (χ0n) is 27.6. The highest BCUT2D eigenvalue weighted by molar-refractivity contribution is 5.96. The predicted molar refractivity (Wildman–Crippen MR) is 196 cm³/mol. The molecule has 1 N–H and O–H groups in total. The molecule has 0 saturated carbocycles. The topological polar surface area (TPSA) is 40.5 Å². The van der Waals surface area contributed by atoms with Crippen molar-refractivity contribution in [3.63, 3.8) is 0 Å². The first-order valence-corrected chi connectivity index (χ1v) is 16.7. The summed E-state index contributed by atoms with van der Waals surface area (Å²) < 4.78 is 0. The number of carboxylic acid groups (broad SMARTS) is 1. The summed E-state index contributed by atoms with van der Waals surface area (Å²) in [6.07, 6.45) is 2.18. The molecule has 47 heavy (non-hydrogen) atoms. The lowest BCUT2D eigenvalue weighted by Gasteiger charge is -2.36. The fourth-order valence-corrected chi connectivity index (χ4v) is 7.97. The van der Waals surface area contributed by atoms with Crippen molar-refractivity contribution in [1.82, 2.24) is 0 Å². The van der Waals surface area contributed by atoms with Gasteiger partial charge in [0.2, 0.25) is 0 Å². The van der Waals surface area contributed by atoms with Gasteiger partial charge in [-0.1, -0.05) is 119 Å². The van der Waals surface area contributed by atoms with E-state index in [1.807, 2.05) is 24.3 Å². The van der Waals surface area contributed by atoms with Gasteiger partial charge >= 0.3 is 5.97 Å². The summed E-state index contributed by atoms with van der Waals surface area (Å²) in [6, 6.07) is 46.7. The van der Waals surface area contributed by atoms with E-state index in [1.54, 1.807) is 12.1 Å². The predicted octanol–water partition coefficient (Wildman–Crippen LogP) is 12.0. The lowest BCUT2D eigenvalue weighted by molar-refractivity contribution is 0.0697. The molecule has 1 aliphatic carbocycles. The van der Waals surface area contributed by atoms with Gasteiger partial charge in [0.25, 0.3) is 0 Å². The molecular weight excluding hydrogens is 574 g/mol. The maximum absolute atomic E-state index is 12.0. The fourth-order valence-electron chi connectivity index (χ4n) is 7.97. The van der Waals surface area contributed by atoms with Crippen LogP contribution in [0.5, 0.6) is 0 Å². The van der Waals surface area contributed by atoms with E-state index in [0.29, 0.717) is 23.0 Å². The van der Waals surface area contributed by atoms with Crippen molar-refractivity contribution in [1.29, 1.82) is 0 Å². The summed E-state index contributed by atoms with van der Waals surface area (Å²) in [5.74, 6) is 0.149. The monoisotopic (exact) mass is 615 g/mol. The number of benzene rings is 6. The zero-order valence-corrected chi connectivity index (χ0v) is 27.6. The van der Waals surface area contributed by atoms with E-state index in [0.717, 1.165) is 35.5 Å². The van der Waals surface area contributed by atoms with Gasteiger partial charge < -0.3 is 10.0 Å². The maximum Gasteiger partial charge on any atom is 0.336 e. The average Bonchev–Trinajstić information content (AvgIpc) is 3.32. The van der Waals surface area contributed by atoms with Crippen molar-refractivity contribution in [3.8, 4) is 22.3 Å². The van der Waals surface area contributed by atoms with E-state index < -0.39 is 5.97 Å². The van der Waals surface area contributed by atoms with Gasteiger partial charge in [0, 0.05) is 22.5 Å². The number of rotatable bonds is 9. The second kappa shape index (κ2) is 12.2. The molecule has 0 atom stereocenters. The van der Waals surface area contributed by atoms with Crippen molar-refractivity contribution in [3.05, 3.63) is 150 Å². The first-order chi connectivity index (χ1) is 22.7. The van der Waals surface area contributed by atoms with Crippen LogP contribution in [0.1, 0.15) is 62.0 Å². The second-order valence-electron chi connectivity index (χ2n) is 13.8. The molecule has 234 valence electrons. The standard InChI is InChI=1S/C44H41NO2/c1-29(2)27-44(28-30(3)4)41-16-10-9-14-38(41)39-24-23-36(26-42(39)44)45(35-22-17-31-11-5-6-12-33(31)25-35)34-20-18-32(19-21-34)37-13-7-8-15-40(37)43(46)47/h5-26,29-30H,27-28H2,1-4H3,(H,46,47). The Balaban J connectivity index is 1.42. The van der Waals surface area contributed by atoms with Crippen molar-refractivity contribution in [2.75, 3.05) is 4.90 Å². The third kappa shape index (κ3) is 5.50. The third-order valence-corrected chi connectivity index (χ3v) is 9.61.